The summed E-state index contributed by atoms with van der Waals surface area (Å²) in [6.07, 6.45) is 3.82. The highest BCUT2D eigenvalue weighted by atomic mass is 35.5. The second-order valence-corrected chi connectivity index (χ2v) is 13.3. The first-order chi connectivity index (χ1) is 19.5. The van der Waals surface area contributed by atoms with Crippen molar-refractivity contribution >= 4 is 62.3 Å². The molecule has 1 N–H and O–H groups in total. The maximum Gasteiger partial charge on any atom is 0.264 e. The number of nitrogens with zero attached hydrogens (tertiary/aromatic N) is 2. The van der Waals surface area contributed by atoms with Crippen molar-refractivity contribution in [1.82, 2.24) is 10.2 Å². The molecule has 41 heavy (non-hydrogen) atoms. The molecule has 218 valence electrons. The highest BCUT2D eigenvalue weighted by molar-refractivity contribution is 7.92. The van der Waals surface area contributed by atoms with Crippen LogP contribution in [0.3, 0.4) is 0 Å². The van der Waals surface area contributed by atoms with Crippen LogP contribution in [0.15, 0.2) is 71.6 Å². The standard InChI is InChI=1S/C30H32Cl3N3O4S/c1-20-17-22(31)15-16-28(20)36(41(39,40)24-11-4-3-5-12-24)19-29(37)35(18-25-26(32)13-8-14-27(25)33)21(2)30(38)34-23-9-6-7-10-23/h3-5,8,11-17,21,23H,6-7,9-10,18-19H2,1-2H3,(H,34,38)/t21-/m1/s1. The highest BCUT2D eigenvalue weighted by Crippen LogP contribution is 2.31. The maximum atomic E-state index is 14.1. The smallest absolute Gasteiger partial charge is 0.264 e. The number of rotatable bonds is 10. The first-order valence-electron chi connectivity index (χ1n) is 13.4. The first kappa shape index (κ1) is 31.2. The lowest BCUT2D eigenvalue weighted by Crippen LogP contribution is -2.52. The van der Waals surface area contributed by atoms with Gasteiger partial charge in [0.25, 0.3) is 10.0 Å². The van der Waals surface area contributed by atoms with Gasteiger partial charge in [-0.25, -0.2) is 8.42 Å². The van der Waals surface area contributed by atoms with E-state index in [-0.39, 0.29) is 23.4 Å². The van der Waals surface area contributed by atoms with Crippen molar-refractivity contribution in [3.05, 3.63) is 92.9 Å². The quantitative estimate of drug-likeness (QED) is 0.271. The van der Waals surface area contributed by atoms with E-state index in [9.17, 15) is 18.0 Å². The molecule has 0 aromatic heterocycles. The van der Waals surface area contributed by atoms with E-state index < -0.39 is 28.5 Å². The van der Waals surface area contributed by atoms with Gasteiger partial charge in [0.2, 0.25) is 11.8 Å². The zero-order valence-electron chi connectivity index (χ0n) is 22.8. The zero-order valence-corrected chi connectivity index (χ0v) is 25.9. The predicted octanol–water partition coefficient (Wildman–Crippen LogP) is 6.63. The van der Waals surface area contributed by atoms with Gasteiger partial charge in [0.15, 0.2) is 0 Å². The van der Waals surface area contributed by atoms with Crippen molar-refractivity contribution in [1.29, 1.82) is 0 Å². The van der Waals surface area contributed by atoms with Crippen LogP contribution in [0.25, 0.3) is 0 Å². The van der Waals surface area contributed by atoms with E-state index in [1.807, 2.05) is 0 Å². The molecule has 1 atom stereocenters. The SMILES string of the molecule is Cc1cc(Cl)ccc1N(CC(=O)N(Cc1c(Cl)cccc1Cl)[C@H](C)C(=O)NC1CCCC1)S(=O)(=O)c1ccccc1. The molecule has 1 saturated carbocycles. The molecule has 3 aromatic carbocycles. The molecule has 0 radical (unpaired) electrons. The van der Waals surface area contributed by atoms with Crippen LogP contribution in [0, 0.1) is 6.92 Å². The molecule has 0 saturated heterocycles. The number of anilines is 1. The van der Waals surface area contributed by atoms with Crippen LogP contribution < -0.4 is 9.62 Å². The van der Waals surface area contributed by atoms with Gasteiger partial charge in [0, 0.05) is 33.2 Å². The Morgan fingerprint density at radius 1 is 0.951 bits per heavy atom. The Bertz CT molecular complexity index is 1490. The fraction of sp³-hybridized carbons (Fsp3) is 0.333. The number of carbonyl (C=O) groups is 2. The lowest BCUT2D eigenvalue weighted by molar-refractivity contribution is -0.139. The van der Waals surface area contributed by atoms with Crippen LogP contribution >= 0.6 is 34.8 Å². The van der Waals surface area contributed by atoms with Gasteiger partial charge in [0.1, 0.15) is 12.6 Å². The van der Waals surface area contributed by atoms with Gasteiger partial charge in [-0.3, -0.25) is 13.9 Å². The number of amides is 2. The molecule has 0 unspecified atom stereocenters. The van der Waals surface area contributed by atoms with Crippen LogP contribution in [0.5, 0.6) is 0 Å². The third kappa shape index (κ3) is 7.36. The van der Waals surface area contributed by atoms with E-state index in [4.69, 9.17) is 34.8 Å². The van der Waals surface area contributed by atoms with Crippen LogP contribution in [-0.2, 0) is 26.2 Å². The van der Waals surface area contributed by atoms with Gasteiger partial charge in [-0.2, -0.15) is 0 Å². The summed E-state index contributed by atoms with van der Waals surface area (Å²) in [7, 11) is -4.18. The Kier molecular flexibility index (Phi) is 10.2. The number of hydrogen-bond acceptors (Lipinski definition) is 4. The van der Waals surface area contributed by atoms with E-state index >= 15 is 0 Å². The molecule has 1 fully saturated rings. The molecular formula is C30H32Cl3N3O4S. The Labute approximate surface area is 256 Å². The largest absolute Gasteiger partial charge is 0.352 e. The molecule has 4 rings (SSSR count). The lowest BCUT2D eigenvalue weighted by atomic mass is 10.1. The van der Waals surface area contributed by atoms with Crippen molar-refractivity contribution in [2.45, 2.75) is 63.1 Å². The molecule has 0 aliphatic heterocycles. The second kappa shape index (κ2) is 13.5. The minimum absolute atomic E-state index is 0.0230. The minimum atomic E-state index is -4.18. The molecule has 3 aromatic rings. The van der Waals surface area contributed by atoms with Crippen LogP contribution in [0.4, 0.5) is 5.69 Å². The van der Waals surface area contributed by atoms with Crippen LogP contribution in [-0.4, -0.2) is 43.8 Å². The number of sulfonamides is 1. The summed E-state index contributed by atoms with van der Waals surface area (Å²) in [6, 6.07) is 16.7. The summed E-state index contributed by atoms with van der Waals surface area (Å²) >= 11 is 19.1. The molecule has 2 amide bonds. The summed E-state index contributed by atoms with van der Waals surface area (Å²) in [5, 5.41) is 4.14. The first-order valence-corrected chi connectivity index (χ1v) is 15.9. The van der Waals surface area contributed by atoms with Gasteiger partial charge in [0.05, 0.1) is 10.6 Å². The van der Waals surface area contributed by atoms with Crippen LogP contribution in [0.1, 0.15) is 43.7 Å². The number of benzene rings is 3. The summed E-state index contributed by atoms with van der Waals surface area (Å²) in [4.78, 5) is 28.8. The summed E-state index contributed by atoms with van der Waals surface area (Å²) in [6.45, 7) is 2.69. The molecular weight excluding hydrogens is 605 g/mol. The molecule has 1 aliphatic carbocycles. The second-order valence-electron chi connectivity index (χ2n) is 10.1. The zero-order chi connectivity index (χ0) is 29.7. The number of carbonyl (C=O) groups excluding carboxylic acids is 2. The van der Waals surface area contributed by atoms with Crippen molar-refractivity contribution < 1.29 is 18.0 Å². The third-order valence-corrected chi connectivity index (χ3v) is 10.0. The van der Waals surface area contributed by atoms with E-state index in [2.05, 4.69) is 5.32 Å². The Balaban J connectivity index is 1.73. The lowest BCUT2D eigenvalue weighted by Gasteiger charge is -2.33. The Morgan fingerprint density at radius 3 is 2.20 bits per heavy atom. The molecule has 0 bridgehead atoms. The van der Waals surface area contributed by atoms with Crippen molar-refractivity contribution in [2.24, 2.45) is 0 Å². The number of hydrogen-bond donors (Lipinski definition) is 1. The van der Waals surface area contributed by atoms with Gasteiger partial charge < -0.3 is 10.2 Å². The summed E-state index contributed by atoms with van der Waals surface area (Å²) in [5.41, 5.74) is 1.33. The van der Waals surface area contributed by atoms with E-state index in [0.29, 0.717) is 31.9 Å². The van der Waals surface area contributed by atoms with Crippen molar-refractivity contribution in [2.75, 3.05) is 10.8 Å². The molecule has 0 spiro atoms. The number of halogens is 3. The summed E-state index contributed by atoms with van der Waals surface area (Å²) < 4.78 is 28.9. The van der Waals surface area contributed by atoms with Gasteiger partial charge in [-0.15, -0.1) is 0 Å². The Morgan fingerprint density at radius 2 is 1.59 bits per heavy atom. The molecule has 1 aliphatic rings. The third-order valence-electron chi connectivity index (χ3n) is 7.30. The fourth-order valence-corrected chi connectivity index (χ4v) is 7.20. The van der Waals surface area contributed by atoms with E-state index in [1.165, 1.54) is 17.0 Å². The average molecular weight is 637 g/mol. The molecule has 11 heteroatoms. The topological polar surface area (TPSA) is 86.8 Å². The van der Waals surface area contributed by atoms with Gasteiger partial charge in [-0.1, -0.05) is 71.9 Å². The number of aryl methyl sites for hydroxylation is 1. The van der Waals surface area contributed by atoms with Gasteiger partial charge in [-0.05, 0) is 74.7 Å². The average Bonchev–Trinajstić information content (AvgIpc) is 3.45. The number of nitrogens with one attached hydrogen (secondary N) is 1. The highest BCUT2D eigenvalue weighted by Gasteiger charge is 2.34. The minimum Gasteiger partial charge on any atom is -0.352 e. The maximum absolute atomic E-state index is 14.1. The normalized spacial score (nSPS) is 14.5. The van der Waals surface area contributed by atoms with E-state index in [1.54, 1.807) is 68.4 Å². The fourth-order valence-electron chi connectivity index (χ4n) is 4.96. The molecule has 0 heterocycles. The Hall–Kier alpha value is -2.78. The van der Waals surface area contributed by atoms with E-state index in [0.717, 1.165) is 30.0 Å². The monoisotopic (exact) mass is 635 g/mol. The summed E-state index contributed by atoms with van der Waals surface area (Å²) in [5.74, 6) is -0.919. The van der Waals surface area contributed by atoms with Crippen molar-refractivity contribution in [3.63, 3.8) is 0 Å². The van der Waals surface area contributed by atoms with Crippen molar-refractivity contribution in [3.8, 4) is 0 Å². The molecule has 7 nitrogen and oxygen atoms in total. The predicted molar refractivity (Wildman–Crippen MR) is 164 cm³/mol. The van der Waals surface area contributed by atoms with Gasteiger partial charge >= 0.3 is 0 Å². The van der Waals surface area contributed by atoms with Crippen LogP contribution in [0.2, 0.25) is 15.1 Å².